The van der Waals surface area contributed by atoms with Crippen molar-refractivity contribution in [3.8, 4) is 0 Å². The molecule has 0 bridgehead atoms. The Morgan fingerprint density at radius 3 is 2.81 bits per heavy atom. The summed E-state index contributed by atoms with van der Waals surface area (Å²) in [6.07, 6.45) is 0. The topological polar surface area (TPSA) is 80.7 Å². The SMILES string of the molecule is CCOC(=O)CS(=O)(=O)C=C1SC=C(O)S1. The van der Waals surface area contributed by atoms with Gasteiger partial charge in [-0.2, -0.15) is 0 Å². The summed E-state index contributed by atoms with van der Waals surface area (Å²) in [5.41, 5.74) is 0. The summed E-state index contributed by atoms with van der Waals surface area (Å²) in [6.45, 7) is 1.75. The lowest BCUT2D eigenvalue weighted by Gasteiger charge is -2.00. The van der Waals surface area contributed by atoms with Crippen LogP contribution in [-0.2, 0) is 19.4 Å². The van der Waals surface area contributed by atoms with E-state index in [0.29, 0.717) is 4.24 Å². The molecule has 0 aliphatic carbocycles. The molecule has 1 heterocycles. The number of hydrogen-bond acceptors (Lipinski definition) is 7. The Hall–Kier alpha value is -0.600. The summed E-state index contributed by atoms with van der Waals surface area (Å²) < 4.78 is 27.9. The largest absolute Gasteiger partial charge is 0.501 e. The molecule has 0 fully saturated rings. The molecule has 0 spiro atoms. The highest BCUT2D eigenvalue weighted by atomic mass is 32.2. The summed E-state index contributed by atoms with van der Waals surface area (Å²) in [5, 5.41) is 11.5. The van der Waals surface area contributed by atoms with Gasteiger partial charge < -0.3 is 9.84 Å². The summed E-state index contributed by atoms with van der Waals surface area (Å²) in [5.74, 6) is -1.45. The molecule has 0 amide bonds. The fourth-order valence-corrected chi connectivity index (χ4v) is 4.30. The molecule has 1 aliphatic rings. The van der Waals surface area contributed by atoms with Crippen molar-refractivity contribution in [3.63, 3.8) is 0 Å². The van der Waals surface area contributed by atoms with Gasteiger partial charge in [0, 0.05) is 5.41 Å². The molecule has 0 aromatic carbocycles. The fraction of sp³-hybridized carbons (Fsp3) is 0.375. The molecule has 8 heteroatoms. The summed E-state index contributed by atoms with van der Waals surface area (Å²) in [7, 11) is -3.63. The molecule has 0 unspecified atom stereocenters. The first-order valence-electron chi connectivity index (χ1n) is 4.26. The van der Waals surface area contributed by atoms with Gasteiger partial charge in [-0.05, 0) is 18.7 Å². The molecule has 1 aliphatic heterocycles. The molecule has 0 saturated carbocycles. The van der Waals surface area contributed by atoms with Crippen LogP contribution in [0.15, 0.2) is 20.1 Å². The molecule has 1 N–H and O–H groups in total. The molecule has 0 radical (unpaired) electrons. The molecule has 90 valence electrons. The highest BCUT2D eigenvalue weighted by Crippen LogP contribution is 2.42. The summed E-state index contributed by atoms with van der Waals surface area (Å²) in [4.78, 5) is 11.0. The highest BCUT2D eigenvalue weighted by Gasteiger charge is 2.19. The van der Waals surface area contributed by atoms with Crippen LogP contribution in [0.5, 0.6) is 0 Å². The van der Waals surface area contributed by atoms with Gasteiger partial charge >= 0.3 is 5.97 Å². The molecule has 0 atom stereocenters. The Labute approximate surface area is 102 Å². The van der Waals surface area contributed by atoms with Gasteiger partial charge in [0.1, 0.15) is 0 Å². The number of aliphatic hydroxyl groups is 1. The van der Waals surface area contributed by atoms with Crippen molar-refractivity contribution < 1.29 is 23.1 Å². The van der Waals surface area contributed by atoms with Crippen LogP contribution in [0, 0.1) is 0 Å². The van der Waals surface area contributed by atoms with Crippen molar-refractivity contribution in [2.75, 3.05) is 12.4 Å². The zero-order valence-electron chi connectivity index (χ0n) is 8.37. The Morgan fingerprint density at radius 1 is 1.62 bits per heavy atom. The normalized spacial score (nSPS) is 18.6. The number of sulfone groups is 1. The fourth-order valence-electron chi connectivity index (χ4n) is 0.867. The van der Waals surface area contributed by atoms with E-state index in [1.807, 2.05) is 0 Å². The first-order chi connectivity index (χ1) is 7.43. The zero-order valence-corrected chi connectivity index (χ0v) is 10.8. The molecule has 0 aromatic heterocycles. The summed E-state index contributed by atoms with van der Waals surface area (Å²) in [6, 6.07) is 0. The molecule has 5 nitrogen and oxygen atoms in total. The molecular weight excluding hydrogens is 272 g/mol. The average Bonchev–Trinajstić information content (AvgIpc) is 2.49. The first kappa shape index (κ1) is 13.5. The van der Waals surface area contributed by atoms with Gasteiger partial charge in [0.05, 0.1) is 16.3 Å². The van der Waals surface area contributed by atoms with E-state index in [2.05, 4.69) is 4.74 Å². The minimum Gasteiger partial charge on any atom is -0.501 e. The maximum atomic E-state index is 11.5. The zero-order chi connectivity index (χ0) is 12.2. The van der Waals surface area contributed by atoms with Gasteiger partial charge in [-0.15, -0.1) is 0 Å². The van der Waals surface area contributed by atoms with Gasteiger partial charge in [-0.3, -0.25) is 4.79 Å². The van der Waals surface area contributed by atoms with Crippen LogP contribution < -0.4 is 0 Å². The van der Waals surface area contributed by atoms with E-state index in [-0.39, 0.29) is 11.7 Å². The lowest BCUT2D eigenvalue weighted by atomic mass is 10.8. The predicted octanol–water partition coefficient (Wildman–Crippen LogP) is 1.60. The second-order valence-corrected chi connectivity index (χ2v) is 6.81. The van der Waals surface area contributed by atoms with E-state index in [4.69, 9.17) is 5.11 Å². The van der Waals surface area contributed by atoms with Crippen LogP contribution in [-0.4, -0.2) is 31.9 Å². The van der Waals surface area contributed by atoms with Gasteiger partial charge in [-0.25, -0.2) is 8.42 Å². The van der Waals surface area contributed by atoms with Crippen LogP contribution in [0.3, 0.4) is 0 Å². The molecule has 0 aromatic rings. The van der Waals surface area contributed by atoms with Crippen LogP contribution in [0.2, 0.25) is 0 Å². The number of ether oxygens (including phenoxy) is 1. The number of thioether (sulfide) groups is 2. The Balaban J connectivity index is 2.63. The lowest BCUT2D eigenvalue weighted by molar-refractivity contribution is -0.139. The van der Waals surface area contributed by atoms with Crippen molar-refractivity contribution in [3.05, 3.63) is 20.1 Å². The van der Waals surface area contributed by atoms with Crippen LogP contribution in [0.25, 0.3) is 0 Å². The Bertz CT molecular complexity index is 435. The van der Waals surface area contributed by atoms with Crippen LogP contribution in [0.4, 0.5) is 0 Å². The molecule has 0 saturated heterocycles. The van der Waals surface area contributed by atoms with Gasteiger partial charge in [0.15, 0.2) is 20.7 Å². The third-order valence-electron chi connectivity index (χ3n) is 1.38. The van der Waals surface area contributed by atoms with Crippen molar-refractivity contribution >= 4 is 39.3 Å². The highest BCUT2D eigenvalue weighted by molar-refractivity contribution is 8.28. The van der Waals surface area contributed by atoms with Gasteiger partial charge in [0.2, 0.25) is 0 Å². The monoisotopic (exact) mass is 282 g/mol. The quantitative estimate of drug-likeness (QED) is 0.784. The molecule has 1 rings (SSSR count). The Morgan fingerprint density at radius 2 is 2.31 bits per heavy atom. The standard InChI is InChI=1S/C8H10O5S3/c1-2-13-6(9)4-16(11,12)5-8-14-3-7(10)15-8/h3,5,10H,2,4H2,1H3. The number of rotatable bonds is 4. The second-order valence-electron chi connectivity index (χ2n) is 2.73. The number of carbonyl (C=O) groups is 1. The smallest absolute Gasteiger partial charge is 0.321 e. The van der Waals surface area contributed by atoms with Crippen LogP contribution >= 0.6 is 23.5 Å². The van der Waals surface area contributed by atoms with E-state index in [0.717, 1.165) is 28.9 Å². The molecular formula is C8H10O5S3. The lowest BCUT2D eigenvalue weighted by Crippen LogP contribution is -2.16. The van der Waals surface area contributed by atoms with Crippen molar-refractivity contribution in [2.24, 2.45) is 0 Å². The average molecular weight is 282 g/mol. The number of esters is 1. The van der Waals surface area contributed by atoms with E-state index in [1.165, 1.54) is 5.41 Å². The van der Waals surface area contributed by atoms with E-state index in [9.17, 15) is 13.2 Å². The van der Waals surface area contributed by atoms with Crippen LogP contribution in [0.1, 0.15) is 6.92 Å². The van der Waals surface area contributed by atoms with Crippen molar-refractivity contribution in [2.45, 2.75) is 6.92 Å². The summed E-state index contributed by atoms with van der Waals surface area (Å²) >= 11 is 2.04. The van der Waals surface area contributed by atoms with E-state index >= 15 is 0 Å². The maximum absolute atomic E-state index is 11.5. The maximum Gasteiger partial charge on any atom is 0.321 e. The van der Waals surface area contributed by atoms with Crippen molar-refractivity contribution in [1.29, 1.82) is 0 Å². The number of aliphatic hydroxyl groups excluding tert-OH is 1. The third kappa shape index (κ3) is 4.50. The van der Waals surface area contributed by atoms with Gasteiger partial charge in [0.25, 0.3) is 0 Å². The van der Waals surface area contributed by atoms with Gasteiger partial charge in [-0.1, -0.05) is 11.8 Å². The van der Waals surface area contributed by atoms with E-state index in [1.54, 1.807) is 6.92 Å². The van der Waals surface area contributed by atoms with Crippen molar-refractivity contribution in [1.82, 2.24) is 0 Å². The minimum atomic E-state index is -3.63. The second kappa shape index (κ2) is 5.65. The third-order valence-corrected chi connectivity index (χ3v) is 4.94. The predicted molar refractivity (Wildman–Crippen MR) is 64.4 cm³/mol. The Kier molecular flexibility index (Phi) is 4.75. The minimum absolute atomic E-state index is 0.0441. The number of hydrogen-bond donors (Lipinski definition) is 1. The molecule has 16 heavy (non-hydrogen) atoms. The number of carbonyl (C=O) groups excluding carboxylic acids is 1. The first-order valence-corrected chi connectivity index (χ1v) is 7.68. The van der Waals surface area contributed by atoms with E-state index < -0.39 is 21.6 Å².